The largest absolute Gasteiger partial charge is 0.489 e. The van der Waals surface area contributed by atoms with E-state index in [-0.39, 0.29) is 24.3 Å². The third-order valence-electron chi connectivity index (χ3n) is 5.22. The number of likely N-dealkylation sites (N-methyl/N-ethyl adjacent to an activating group) is 1. The number of hydrogen-bond acceptors (Lipinski definition) is 4. The van der Waals surface area contributed by atoms with Crippen LogP contribution in [0.15, 0.2) is 24.3 Å². The molecule has 1 unspecified atom stereocenters. The lowest BCUT2D eigenvalue weighted by atomic mass is 9.86. The van der Waals surface area contributed by atoms with E-state index in [0.29, 0.717) is 17.1 Å². The number of nitrogens with one attached hydrogen (secondary N) is 2. The number of hydrogen-bond donors (Lipinski definition) is 2. The van der Waals surface area contributed by atoms with Gasteiger partial charge in [0.25, 0.3) is 11.8 Å². The number of aromatic amines is 1. The van der Waals surface area contributed by atoms with Gasteiger partial charge in [-0.2, -0.15) is 5.10 Å². The minimum atomic E-state index is -0.758. The lowest BCUT2D eigenvalue weighted by Crippen LogP contribution is -2.49. The molecular formula is C19H22N4O3. The van der Waals surface area contributed by atoms with Crippen LogP contribution in [0.2, 0.25) is 0 Å². The fourth-order valence-corrected chi connectivity index (χ4v) is 3.79. The molecule has 0 saturated carbocycles. The number of aromatic nitrogens is 2. The van der Waals surface area contributed by atoms with Crippen LogP contribution in [0, 0.1) is 0 Å². The molecule has 1 aliphatic carbocycles. The van der Waals surface area contributed by atoms with Crippen molar-refractivity contribution in [2.45, 2.75) is 38.1 Å². The Balaban J connectivity index is 1.56. The van der Waals surface area contributed by atoms with Gasteiger partial charge in [-0.05, 0) is 37.3 Å². The van der Waals surface area contributed by atoms with E-state index in [2.05, 4.69) is 22.4 Å². The van der Waals surface area contributed by atoms with Crippen molar-refractivity contribution in [1.29, 1.82) is 0 Å². The zero-order chi connectivity index (χ0) is 18.3. The predicted molar refractivity (Wildman–Crippen MR) is 96.5 cm³/mol. The summed E-state index contributed by atoms with van der Waals surface area (Å²) in [6.45, 7) is 2.20. The van der Waals surface area contributed by atoms with Crippen LogP contribution in [0.3, 0.4) is 0 Å². The Labute approximate surface area is 151 Å². The third kappa shape index (κ3) is 2.73. The number of H-pyrrole nitrogens is 1. The molecule has 0 saturated heterocycles. The number of rotatable bonds is 2. The highest BCUT2D eigenvalue weighted by Crippen LogP contribution is 2.33. The fourth-order valence-electron chi connectivity index (χ4n) is 3.79. The number of anilines is 1. The summed E-state index contributed by atoms with van der Waals surface area (Å²) < 4.78 is 5.75. The van der Waals surface area contributed by atoms with Crippen LogP contribution in [0.25, 0.3) is 0 Å². The Kier molecular flexibility index (Phi) is 4.14. The molecular weight excluding hydrogens is 332 g/mol. The summed E-state index contributed by atoms with van der Waals surface area (Å²) in [7, 11) is 1.69. The van der Waals surface area contributed by atoms with Crippen LogP contribution in [0.4, 0.5) is 5.69 Å². The summed E-state index contributed by atoms with van der Waals surface area (Å²) >= 11 is 0. The van der Waals surface area contributed by atoms with Crippen LogP contribution < -0.4 is 15.0 Å². The molecule has 1 aromatic heterocycles. The van der Waals surface area contributed by atoms with Gasteiger partial charge in [-0.1, -0.05) is 19.1 Å². The van der Waals surface area contributed by atoms with Gasteiger partial charge in [-0.3, -0.25) is 14.7 Å². The van der Waals surface area contributed by atoms with Gasteiger partial charge in [0.05, 0.1) is 5.69 Å². The van der Waals surface area contributed by atoms with Gasteiger partial charge in [-0.15, -0.1) is 0 Å². The monoisotopic (exact) mass is 354 g/mol. The average Bonchev–Trinajstić information content (AvgIpc) is 3.05. The molecule has 0 fully saturated rings. The second-order valence-corrected chi connectivity index (χ2v) is 6.96. The van der Waals surface area contributed by atoms with E-state index < -0.39 is 6.04 Å². The number of amides is 2. The van der Waals surface area contributed by atoms with Crippen molar-refractivity contribution in [3.05, 3.63) is 41.2 Å². The van der Waals surface area contributed by atoms with Crippen LogP contribution >= 0.6 is 0 Å². The molecule has 2 heterocycles. The van der Waals surface area contributed by atoms with Crippen molar-refractivity contribution in [2.75, 3.05) is 18.6 Å². The fraction of sp³-hybridized carbons (Fsp3) is 0.421. The van der Waals surface area contributed by atoms with E-state index in [1.165, 1.54) is 4.90 Å². The molecule has 7 nitrogen and oxygen atoms in total. The van der Waals surface area contributed by atoms with Crippen molar-refractivity contribution >= 4 is 17.5 Å². The molecule has 2 amide bonds. The van der Waals surface area contributed by atoms with Crippen molar-refractivity contribution < 1.29 is 14.3 Å². The van der Waals surface area contributed by atoms with E-state index in [9.17, 15) is 9.59 Å². The molecule has 7 heteroatoms. The first kappa shape index (κ1) is 16.6. The molecule has 4 rings (SSSR count). The van der Waals surface area contributed by atoms with Gasteiger partial charge in [0, 0.05) is 18.3 Å². The van der Waals surface area contributed by atoms with E-state index in [1.807, 2.05) is 24.3 Å². The van der Waals surface area contributed by atoms with Gasteiger partial charge in [-0.25, -0.2) is 0 Å². The van der Waals surface area contributed by atoms with Gasteiger partial charge < -0.3 is 15.0 Å². The lowest BCUT2D eigenvalue weighted by molar-refractivity contribution is -0.120. The molecule has 2 atom stereocenters. The summed E-state index contributed by atoms with van der Waals surface area (Å²) in [5, 5.41) is 10.0. The van der Waals surface area contributed by atoms with E-state index in [1.54, 1.807) is 7.05 Å². The third-order valence-corrected chi connectivity index (χ3v) is 5.22. The number of carbonyl (C=O) groups is 2. The molecule has 1 aliphatic heterocycles. The molecule has 2 N–H and O–H groups in total. The molecule has 1 aromatic carbocycles. The Morgan fingerprint density at radius 2 is 2.19 bits per heavy atom. The van der Waals surface area contributed by atoms with Gasteiger partial charge >= 0.3 is 0 Å². The number of carbonyl (C=O) groups excluding carboxylic acids is 2. The Hall–Kier alpha value is -2.83. The second-order valence-electron chi connectivity index (χ2n) is 6.96. The van der Waals surface area contributed by atoms with Gasteiger partial charge in [0.1, 0.15) is 18.4 Å². The van der Waals surface area contributed by atoms with E-state index >= 15 is 0 Å². The Morgan fingerprint density at radius 3 is 3.04 bits per heavy atom. The minimum Gasteiger partial charge on any atom is -0.489 e. The highest BCUT2D eigenvalue weighted by molar-refractivity contribution is 6.03. The van der Waals surface area contributed by atoms with Crippen molar-refractivity contribution in [3.63, 3.8) is 0 Å². The average molecular weight is 354 g/mol. The first-order valence-electron chi connectivity index (χ1n) is 8.93. The highest BCUT2D eigenvalue weighted by Gasteiger charge is 2.33. The number of ether oxygens (including phenoxy) is 1. The maximum atomic E-state index is 12.8. The molecule has 0 spiro atoms. The van der Waals surface area contributed by atoms with Gasteiger partial charge in [0.15, 0.2) is 5.69 Å². The summed E-state index contributed by atoms with van der Waals surface area (Å²) in [6, 6.07) is 6.58. The topological polar surface area (TPSA) is 87.3 Å². The van der Waals surface area contributed by atoms with Crippen LogP contribution in [0.1, 0.15) is 47.4 Å². The second kappa shape index (κ2) is 6.48. The van der Waals surface area contributed by atoms with Crippen molar-refractivity contribution in [1.82, 2.24) is 15.5 Å². The maximum absolute atomic E-state index is 12.8. The Bertz CT molecular complexity index is 860. The number of nitrogens with zero attached hydrogens (tertiary/aromatic N) is 2. The Morgan fingerprint density at radius 1 is 1.38 bits per heavy atom. The smallest absolute Gasteiger partial charge is 0.272 e. The normalized spacial score (nSPS) is 22.1. The predicted octanol–water partition coefficient (Wildman–Crippen LogP) is 2.00. The summed E-state index contributed by atoms with van der Waals surface area (Å²) in [5.74, 6) is 0.371. The molecule has 2 aliphatic rings. The molecule has 26 heavy (non-hydrogen) atoms. The highest BCUT2D eigenvalue weighted by atomic mass is 16.5. The summed E-state index contributed by atoms with van der Waals surface area (Å²) in [4.78, 5) is 27.1. The SMILES string of the molecule is CC1CCCc2[nH]nc(C(=O)N[C@H]3COc4ccccc4N(C)C3=O)c21. The lowest BCUT2D eigenvalue weighted by Gasteiger charge is -2.21. The summed E-state index contributed by atoms with van der Waals surface area (Å²) in [6.07, 6.45) is 3.04. The first-order valence-corrected chi connectivity index (χ1v) is 8.93. The number of fused-ring (bicyclic) bond motifs is 2. The number of aryl methyl sites for hydroxylation is 1. The van der Waals surface area contributed by atoms with E-state index in [0.717, 1.165) is 30.5 Å². The molecule has 2 aromatic rings. The number of benzene rings is 1. The maximum Gasteiger partial charge on any atom is 0.272 e. The number of para-hydroxylation sites is 2. The first-order chi connectivity index (χ1) is 12.6. The summed E-state index contributed by atoms with van der Waals surface area (Å²) in [5.41, 5.74) is 3.10. The molecule has 0 radical (unpaired) electrons. The van der Waals surface area contributed by atoms with Crippen LogP contribution in [-0.4, -0.2) is 41.7 Å². The van der Waals surface area contributed by atoms with Crippen LogP contribution in [0.5, 0.6) is 5.75 Å². The quantitative estimate of drug-likeness (QED) is 0.864. The van der Waals surface area contributed by atoms with Gasteiger partial charge in [0.2, 0.25) is 0 Å². The standard InChI is InChI=1S/C19H22N4O3/c1-11-6-5-7-12-16(11)17(22-21-12)18(24)20-13-10-26-15-9-4-3-8-14(15)23(2)19(13)25/h3-4,8-9,11,13H,5-7,10H2,1-2H3,(H,20,24)(H,21,22)/t11?,13-/m0/s1. The zero-order valence-corrected chi connectivity index (χ0v) is 14.9. The minimum absolute atomic E-state index is 0.0914. The van der Waals surface area contributed by atoms with Crippen molar-refractivity contribution in [3.8, 4) is 5.75 Å². The van der Waals surface area contributed by atoms with Crippen LogP contribution in [-0.2, 0) is 11.2 Å². The van der Waals surface area contributed by atoms with E-state index in [4.69, 9.17) is 4.74 Å². The zero-order valence-electron chi connectivity index (χ0n) is 14.9. The molecule has 136 valence electrons. The van der Waals surface area contributed by atoms with Crippen molar-refractivity contribution in [2.24, 2.45) is 0 Å². The molecule has 0 bridgehead atoms.